The van der Waals surface area contributed by atoms with Gasteiger partial charge >= 0.3 is 0 Å². The number of rotatable bonds is 3. The molecule has 1 aliphatic carbocycles. The molecule has 1 N–H and O–H groups in total. The van der Waals surface area contributed by atoms with Crippen molar-refractivity contribution in [2.24, 2.45) is 0 Å². The van der Waals surface area contributed by atoms with Crippen LogP contribution in [0.2, 0.25) is 0 Å². The van der Waals surface area contributed by atoms with Gasteiger partial charge in [-0.05, 0) is 31.9 Å². The lowest BCUT2D eigenvalue weighted by atomic mass is 9.98. The van der Waals surface area contributed by atoms with Gasteiger partial charge in [0.1, 0.15) is 10.8 Å². The monoisotopic (exact) mass is 360 g/mol. The third-order valence-corrected chi connectivity index (χ3v) is 6.93. The molecule has 1 amide bonds. The summed E-state index contributed by atoms with van der Waals surface area (Å²) in [5.74, 6) is 1.43. The summed E-state index contributed by atoms with van der Waals surface area (Å²) in [6.07, 6.45) is 3.73. The molecule has 1 aromatic heterocycles. The van der Waals surface area contributed by atoms with Crippen molar-refractivity contribution in [1.29, 1.82) is 0 Å². The average molecular weight is 361 g/mol. The van der Waals surface area contributed by atoms with E-state index in [9.17, 15) is 4.79 Å². The normalized spacial score (nSPS) is 21.8. The molecule has 1 aliphatic heterocycles. The Morgan fingerprint density at radius 1 is 1.33 bits per heavy atom. The maximum Gasteiger partial charge on any atom is 0.262 e. The molecule has 2 aliphatic rings. The number of hydrogen-bond donors (Lipinski definition) is 1. The lowest BCUT2D eigenvalue weighted by Gasteiger charge is -2.32. The number of aromatic nitrogens is 1. The molecule has 1 aromatic carbocycles. The molecule has 4 nitrogen and oxygen atoms in total. The largest absolute Gasteiger partial charge is 0.479 e. The maximum absolute atomic E-state index is 12.9. The first-order chi connectivity index (χ1) is 11.7. The Hall–Kier alpha value is -1.53. The van der Waals surface area contributed by atoms with Crippen LogP contribution in [0.4, 0.5) is 0 Å². The SMILES string of the molecule is Cc1csc(C2(NC(=O)[C@H]3CSc4ccccc4O3)CCCC2)n1. The number of thioether (sulfide) groups is 1. The van der Waals surface area contributed by atoms with Crippen LogP contribution in [-0.4, -0.2) is 22.7 Å². The zero-order valence-corrected chi connectivity index (χ0v) is 15.2. The summed E-state index contributed by atoms with van der Waals surface area (Å²) in [5.41, 5.74) is 0.718. The number of nitrogens with zero attached hydrogens (tertiary/aromatic N) is 1. The molecule has 2 aromatic rings. The van der Waals surface area contributed by atoms with Gasteiger partial charge in [-0.25, -0.2) is 4.98 Å². The van der Waals surface area contributed by atoms with E-state index in [1.807, 2.05) is 31.2 Å². The van der Waals surface area contributed by atoms with E-state index in [1.165, 1.54) is 0 Å². The van der Waals surface area contributed by atoms with E-state index in [0.29, 0.717) is 5.75 Å². The van der Waals surface area contributed by atoms with E-state index in [1.54, 1.807) is 23.1 Å². The first-order valence-electron chi connectivity index (χ1n) is 8.29. The number of amides is 1. The number of nitrogens with one attached hydrogen (secondary N) is 1. The van der Waals surface area contributed by atoms with Gasteiger partial charge in [-0.3, -0.25) is 4.79 Å². The molecule has 1 atom stereocenters. The third kappa shape index (κ3) is 2.93. The van der Waals surface area contributed by atoms with E-state index in [4.69, 9.17) is 4.74 Å². The van der Waals surface area contributed by atoms with E-state index < -0.39 is 6.10 Å². The van der Waals surface area contributed by atoms with Gasteiger partial charge < -0.3 is 10.1 Å². The van der Waals surface area contributed by atoms with Gasteiger partial charge in [0.15, 0.2) is 6.10 Å². The standard InChI is InChI=1S/C18H20N2O2S2/c1-12-10-24-17(19-12)18(8-4-5-9-18)20-16(21)14-11-23-15-7-3-2-6-13(15)22-14/h2-3,6-7,10,14H,4-5,8-9,11H2,1H3,(H,20,21)/t14-/m1/s1. The highest BCUT2D eigenvalue weighted by Crippen LogP contribution is 2.41. The van der Waals surface area contributed by atoms with E-state index >= 15 is 0 Å². The van der Waals surface area contributed by atoms with Crippen molar-refractivity contribution in [3.05, 3.63) is 40.3 Å². The molecule has 0 radical (unpaired) electrons. The molecule has 24 heavy (non-hydrogen) atoms. The second kappa shape index (κ2) is 6.41. The fourth-order valence-corrected chi connectivity index (χ4v) is 5.41. The first-order valence-corrected chi connectivity index (χ1v) is 10.2. The summed E-state index contributed by atoms with van der Waals surface area (Å²) in [6.45, 7) is 2.00. The maximum atomic E-state index is 12.9. The predicted octanol–water partition coefficient (Wildman–Crippen LogP) is 3.89. The molecule has 0 unspecified atom stereocenters. The highest BCUT2D eigenvalue weighted by molar-refractivity contribution is 7.99. The summed E-state index contributed by atoms with van der Waals surface area (Å²) in [4.78, 5) is 18.6. The molecule has 126 valence electrons. The fraction of sp³-hybridized carbons (Fsp3) is 0.444. The molecule has 2 heterocycles. The second-order valence-electron chi connectivity index (χ2n) is 6.44. The summed E-state index contributed by atoms with van der Waals surface area (Å²) in [6, 6.07) is 7.90. The van der Waals surface area contributed by atoms with Crippen molar-refractivity contribution in [1.82, 2.24) is 10.3 Å². The van der Waals surface area contributed by atoms with Crippen LogP contribution < -0.4 is 10.1 Å². The van der Waals surface area contributed by atoms with E-state index in [2.05, 4.69) is 15.7 Å². The van der Waals surface area contributed by atoms with Crippen LogP contribution in [0.15, 0.2) is 34.5 Å². The number of carbonyl (C=O) groups excluding carboxylic acids is 1. The molecule has 1 saturated carbocycles. The smallest absolute Gasteiger partial charge is 0.262 e. The van der Waals surface area contributed by atoms with Gasteiger partial charge in [0.25, 0.3) is 5.91 Å². The number of ether oxygens (including phenoxy) is 1. The Bertz CT molecular complexity index is 753. The van der Waals surface area contributed by atoms with E-state index in [0.717, 1.165) is 47.0 Å². The number of para-hydroxylation sites is 1. The zero-order valence-electron chi connectivity index (χ0n) is 13.6. The predicted molar refractivity (Wildman–Crippen MR) is 96.7 cm³/mol. The van der Waals surface area contributed by atoms with Gasteiger partial charge in [0.05, 0.1) is 5.54 Å². The van der Waals surface area contributed by atoms with Crippen molar-refractivity contribution < 1.29 is 9.53 Å². The fourth-order valence-electron chi connectivity index (χ4n) is 3.41. The van der Waals surface area contributed by atoms with E-state index in [-0.39, 0.29) is 11.4 Å². The summed E-state index contributed by atoms with van der Waals surface area (Å²) < 4.78 is 5.94. The number of benzene rings is 1. The summed E-state index contributed by atoms with van der Waals surface area (Å²) >= 11 is 3.33. The minimum absolute atomic E-state index is 0.0215. The minimum atomic E-state index is -0.441. The number of hydrogen-bond acceptors (Lipinski definition) is 5. The Kier molecular flexibility index (Phi) is 4.26. The minimum Gasteiger partial charge on any atom is -0.479 e. The third-order valence-electron chi connectivity index (χ3n) is 4.65. The highest BCUT2D eigenvalue weighted by atomic mass is 32.2. The molecule has 0 bridgehead atoms. The van der Waals surface area contributed by atoms with Crippen LogP contribution in [0.1, 0.15) is 36.4 Å². The topological polar surface area (TPSA) is 51.2 Å². The summed E-state index contributed by atoms with van der Waals surface area (Å²) in [7, 11) is 0. The van der Waals surface area contributed by atoms with Crippen LogP contribution in [0.3, 0.4) is 0 Å². The van der Waals surface area contributed by atoms with Gasteiger partial charge in [-0.15, -0.1) is 23.1 Å². The zero-order chi connectivity index (χ0) is 16.6. The Morgan fingerprint density at radius 3 is 2.88 bits per heavy atom. The first kappa shape index (κ1) is 16.0. The summed E-state index contributed by atoms with van der Waals surface area (Å²) in [5, 5.41) is 6.39. The molecule has 0 spiro atoms. The van der Waals surface area contributed by atoms with Gasteiger partial charge in [-0.1, -0.05) is 25.0 Å². The van der Waals surface area contributed by atoms with Crippen LogP contribution >= 0.6 is 23.1 Å². The lowest BCUT2D eigenvalue weighted by Crippen LogP contribution is -2.50. The Morgan fingerprint density at radius 2 is 2.12 bits per heavy atom. The van der Waals surface area contributed by atoms with Crippen molar-refractivity contribution in [2.45, 2.75) is 49.1 Å². The molecular weight excluding hydrogens is 340 g/mol. The Labute approximate surface area is 150 Å². The number of fused-ring (bicyclic) bond motifs is 1. The average Bonchev–Trinajstić information content (AvgIpc) is 3.24. The van der Waals surface area contributed by atoms with Crippen molar-refractivity contribution in [3.63, 3.8) is 0 Å². The number of aryl methyl sites for hydroxylation is 1. The lowest BCUT2D eigenvalue weighted by molar-refractivity contribution is -0.129. The van der Waals surface area contributed by atoms with Crippen molar-refractivity contribution in [3.8, 4) is 5.75 Å². The number of thiazole rings is 1. The van der Waals surface area contributed by atoms with Gasteiger partial charge in [-0.2, -0.15) is 0 Å². The van der Waals surface area contributed by atoms with Gasteiger partial charge in [0.2, 0.25) is 0 Å². The second-order valence-corrected chi connectivity index (χ2v) is 8.36. The van der Waals surface area contributed by atoms with Crippen molar-refractivity contribution >= 4 is 29.0 Å². The van der Waals surface area contributed by atoms with Crippen LogP contribution in [0.25, 0.3) is 0 Å². The van der Waals surface area contributed by atoms with Crippen molar-refractivity contribution in [2.75, 3.05) is 5.75 Å². The quantitative estimate of drug-likeness (QED) is 0.902. The molecule has 1 fully saturated rings. The molecular formula is C18H20N2O2S2. The highest BCUT2D eigenvalue weighted by Gasteiger charge is 2.41. The van der Waals surface area contributed by atoms with Gasteiger partial charge in [0, 0.05) is 21.7 Å². The molecule has 4 rings (SSSR count). The van der Waals surface area contributed by atoms with Crippen LogP contribution in [0.5, 0.6) is 5.75 Å². The molecule has 6 heteroatoms. The Balaban J connectivity index is 1.52. The number of carbonyl (C=O) groups is 1. The molecule has 0 saturated heterocycles. The van der Waals surface area contributed by atoms with Crippen LogP contribution in [0, 0.1) is 6.92 Å². The van der Waals surface area contributed by atoms with Crippen LogP contribution in [-0.2, 0) is 10.3 Å².